The fourth-order valence-electron chi connectivity index (χ4n) is 1.25. The summed E-state index contributed by atoms with van der Waals surface area (Å²) < 4.78 is 31.2. The number of halogens is 2. The van der Waals surface area contributed by atoms with Crippen LogP contribution in [-0.4, -0.2) is 5.97 Å². The van der Waals surface area contributed by atoms with Crippen LogP contribution in [0.15, 0.2) is 36.4 Å². The number of hydrogen-bond donors (Lipinski definition) is 0. The molecule has 98 valence electrons. The molecule has 0 radical (unpaired) electrons. The number of rotatable bonds is 4. The van der Waals surface area contributed by atoms with Crippen molar-refractivity contribution in [1.29, 1.82) is 5.26 Å². The minimum absolute atomic E-state index is 0.0455. The first kappa shape index (κ1) is 14.6. The van der Waals surface area contributed by atoms with Gasteiger partial charge in [-0.2, -0.15) is 5.26 Å². The largest absolute Gasteiger partial charge is 0.426 e. The lowest BCUT2D eigenvalue weighted by Gasteiger charge is -2.04. The lowest BCUT2D eigenvalue weighted by Crippen LogP contribution is -2.07. The number of nitrogens with zero attached hydrogens (tertiary/aromatic N) is 1. The van der Waals surface area contributed by atoms with Crippen molar-refractivity contribution >= 4 is 5.97 Å². The van der Waals surface area contributed by atoms with E-state index in [0.29, 0.717) is 0 Å². The predicted octanol–water partition coefficient (Wildman–Crippen LogP) is 3.26. The lowest BCUT2D eigenvalue weighted by atomic mass is 10.2. The molecule has 0 bridgehead atoms. The van der Waals surface area contributed by atoms with Gasteiger partial charge in [0.2, 0.25) is 0 Å². The second-order valence-corrected chi connectivity index (χ2v) is 3.80. The molecule has 0 aliphatic heterocycles. The molecule has 0 aromatic heterocycles. The van der Waals surface area contributed by atoms with E-state index in [-0.39, 0.29) is 12.2 Å². The maximum atomic E-state index is 13.2. The van der Waals surface area contributed by atoms with Gasteiger partial charge < -0.3 is 4.74 Å². The highest BCUT2D eigenvalue weighted by Crippen LogP contribution is 2.20. The zero-order chi connectivity index (χ0) is 14.4. The smallest absolute Gasteiger partial charge is 0.315 e. The van der Waals surface area contributed by atoms with Gasteiger partial charge in [0, 0.05) is 12.1 Å². The summed E-state index contributed by atoms with van der Waals surface area (Å²) in [6, 6.07) is 2.97. The summed E-state index contributed by atoms with van der Waals surface area (Å²) in [4.78, 5) is 11.4. The van der Waals surface area contributed by atoms with E-state index in [1.165, 1.54) is 12.1 Å². The number of allylic oxidation sites excluding steroid dienone is 2. The van der Waals surface area contributed by atoms with Crippen LogP contribution >= 0.6 is 0 Å². The molecule has 0 aliphatic rings. The van der Waals surface area contributed by atoms with Gasteiger partial charge in [-0.05, 0) is 6.92 Å². The maximum Gasteiger partial charge on any atom is 0.315 e. The Morgan fingerprint density at radius 2 is 2.05 bits per heavy atom. The van der Waals surface area contributed by atoms with E-state index in [4.69, 9.17) is 10.00 Å². The molecule has 0 atom stereocenters. The number of benzene rings is 1. The average molecular weight is 263 g/mol. The summed E-state index contributed by atoms with van der Waals surface area (Å²) in [7, 11) is 0. The summed E-state index contributed by atoms with van der Waals surface area (Å²) in [5.74, 6) is -3.07. The van der Waals surface area contributed by atoms with E-state index >= 15 is 0 Å². The Balaban J connectivity index is 2.76. The van der Waals surface area contributed by atoms with Crippen LogP contribution in [0.5, 0.6) is 5.75 Å². The van der Waals surface area contributed by atoms with Crippen molar-refractivity contribution in [3.05, 3.63) is 53.6 Å². The number of hydrogen-bond acceptors (Lipinski definition) is 3. The fourth-order valence-corrected chi connectivity index (χ4v) is 1.25. The van der Waals surface area contributed by atoms with Gasteiger partial charge in [-0.25, -0.2) is 8.78 Å². The summed E-state index contributed by atoms with van der Waals surface area (Å²) in [6.07, 6.45) is 3.11. The number of carbonyl (C=O) groups excluding carboxylic acids is 1. The van der Waals surface area contributed by atoms with Gasteiger partial charge >= 0.3 is 5.97 Å². The lowest BCUT2D eigenvalue weighted by molar-refractivity contribution is -0.133. The third-order valence-electron chi connectivity index (χ3n) is 2.05. The molecule has 0 aliphatic carbocycles. The molecule has 1 aromatic rings. The molecule has 1 aromatic carbocycles. The fraction of sp³-hybridized carbons (Fsp3) is 0.143. The van der Waals surface area contributed by atoms with Crippen molar-refractivity contribution in [2.45, 2.75) is 13.3 Å². The van der Waals surface area contributed by atoms with Crippen LogP contribution in [0.2, 0.25) is 0 Å². The molecule has 0 saturated heterocycles. The summed E-state index contributed by atoms with van der Waals surface area (Å²) >= 11 is 0. The Kier molecular flexibility index (Phi) is 4.95. The summed E-state index contributed by atoms with van der Waals surface area (Å²) in [5, 5.41) is 8.49. The van der Waals surface area contributed by atoms with Crippen LogP contribution < -0.4 is 4.74 Å². The first-order valence-corrected chi connectivity index (χ1v) is 5.36. The Labute approximate surface area is 109 Å². The van der Waals surface area contributed by atoms with Gasteiger partial charge in [-0.3, -0.25) is 4.79 Å². The molecular formula is C14H11F2NO2. The Morgan fingerprint density at radius 1 is 1.47 bits per heavy atom. The standard InChI is InChI=1S/C14H11F2NO2/c1-9(2)4-3-5-14(18)19-10-6-12(15)11(8-17)13(16)7-10/h3-4,6-7H,1,5H2,2H3/b4-3-. The van der Waals surface area contributed by atoms with E-state index < -0.39 is 23.2 Å². The molecule has 0 fully saturated rings. The van der Waals surface area contributed by atoms with E-state index in [9.17, 15) is 13.6 Å². The molecule has 0 heterocycles. The van der Waals surface area contributed by atoms with Crippen LogP contribution in [0.25, 0.3) is 0 Å². The zero-order valence-corrected chi connectivity index (χ0v) is 10.2. The van der Waals surface area contributed by atoms with Crippen molar-refractivity contribution < 1.29 is 18.3 Å². The summed E-state index contributed by atoms with van der Waals surface area (Å²) in [6.45, 7) is 5.37. The second-order valence-electron chi connectivity index (χ2n) is 3.80. The van der Waals surface area contributed by atoms with Crippen molar-refractivity contribution in [2.24, 2.45) is 0 Å². The third kappa shape index (κ3) is 4.36. The monoisotopic (exact) mass is 263 g/mol. The molecule has 0 unspecified atom stereocenters. The van der Waals surface area contributed by atoms with Crippen molar-refractivity contribution in [3.63, 3.8) is 0 Å². The van der Waals surface area contributed by atoms with Gasteiger partial charge in [-0.1, -0.05) is 24.3 Å². The topological polar surface area (TPSA) is 50.1 Å². The van der Waals surface area contributed by atoms with Crippen molar-refractivity contribution in [2.75, 3.05) is 0 Å². The highest BCUT2D eigenvalue weighted by Gasteiger charge is 2.13. The van der Waals surface area contributed by atoms with Crippen LogP contribution in [0, 0.1) is 23.0 Å². The Bertz CT molecular complexity index is 563. The first-order chi connectivity index (χ1) is 8.93. The molecule has 0 amide bonds. The van der Waals surface area contributed by atoms with Crippen LogP contribution in [0.1, 0.15) is 18.9 Å². The normalized spacial score (nSPS) is 10.2. The van der Waals surface area contributed by atoms with Crippen LogP contribution in [-0.2, 0) is 4.79 Å². The van der Waals surface area contributed by atoms with Gasteiger partial charge in [0.15, 0.2) is 0 Å². The van der Waals surface area contributed by atoms with Gasteiger partial charge in [-0.15, -0.1) is 0 Å². The van der Waals surface area contributed by atoms with Gasteiger partial charge in [0.1, 0.15) is 29.0 Å². The maximum absolute atomic E-state index is 13.2. The average Bonchev–Trinajstić information content (AvgIpc) is 2.27. The van der Waals surface area contributed by atoms with Gasteiger partial charge in [0.05, 0.1) is 6.42 Å². The van der Waals surface area contributed by atoms with Crippen molar-refractivity contribution in [1.82, 2.24) is 0 Å². The molecule has 0 N–H and O–H groups in total. The minimum Gasteiger partial charge on any atom is -0.426 e. The molecule has 1 rings (SSSR count). The Hall–Kier alpha value is -2.48. The molecular weight excluding hydrogens is 252 g/mol. The van der Waals surface area contributed by atoms with Gasteiger partial charge in [0.25, 0.3) is 0 Å². The molecule has 5 heteroatoms. The zero-order valence-electron chi connectivity index (χ0n) is 10.2. The Morgan fingerprint density at radius 3 is 2.53 bits per heavy atom. The van der Waals surface area contributed by atoms with E-state index in [2.05, 4.69) is 6.58 Å². The van der Waals surface area contributed by atoms with Crippen LogP contribution in [0.4, 0.5) is 8.78 Å². The SMILES string of the molecule is C=C(C)/C=C\CC(=O)Oc1cc(F)c(C#N)c(F)c1. The highest BCUT2D eigenvalue weighted by atomic mass is 19.1. The molecule has 0 saturated carbocycles. The van der Waals surface area contributed by atoms with E-state index in [0.717, 1.165) is 17.7 Å². The molecule has 3 nitrogen and oxygen atoms in total. The predicted molar refractivity (Wildman–Crippen MR) is 65.3 cm³/mol. The highest BCUT2D eigenvalue weighted by molar-refractivity contribution is 5.74. The third-order valence-corrected chi connectivity index (χ3v) is 2.05. The number of carbonyl (C=O) groups is 1. The summed E-state index contributed by atoms with van der Waals surface area (Å²) in [5.41, 5.74) is 0.0604. The minimum atomic E-state index is -1.07. The quantitative estimate of drug-likeness (QED) is 0.476. The number of ether oxygens (including phenoxy) is 1. The first-order valence-electron chi connectivity index (χ1n) is 5.36. The molecule has 0 spiro atoms. The number of nitriles is 1. The molecule has 19 heavy (non-hydrogen) atoms. The van der Waals surface area contributed by atoms with E-state index in [1.807, 2.05) is 0 Å². The van der Waals surface area contributed by atoms with Crippen molar-refractivity contribution in [3.8, 4) is 11.8 Å². The van der Waals surface area contributed by atoms with E-state index in [1.54, 1.807) is 13.0 Å². The second kappa shape index (κ2) is 6.45. The van der Waals surface area contributed by atoms with Crippen LogP contribution in [0.3, 0.4) is 0 Å². The number of esters is 1.